The van der Waals surface area contributed by atoms with E-state index >= 15 is 0 Å². The Labute approximate surface area is 207 Å². The molecule has 0 bridgehead atoms. The third-order valence-electron chi connectivity index (χ3n) is 4.88. The van der Waals surface area contributed by atoms with Crippen molar-refractivity contribution in [3.05, 3.63) is 42.0 Å². The number of halogens is 2. The number of allylic oxidation sites excluding steroid dienone is 6. The van der Waals surface area contributed by atoms with E-state index in [0.717, 1.165) is 26.1 Å². The quantitative estimate of drug-likeness (QED) is 0.363. The first-order valence-electron chi connectivity index (χ1n) is 10.7. The summed E-state index contributed by atoms with van der Waals surface area (Å²) in [5.74, 6) is 0. The van der Waals surface area contributed by atoms with E-state index in [1.807, 2.05) is 0 Å². The maximum absolute atomic E-state index is 6.06. The van der Waals surface area contributed by atoms with Gasteiger partial charge in [0.05, 0.1) is 0 Å². The third kappa shape index (κ3) is 11.0. The third-order valence-corrected chi connectivity index (χ3v) is 14.4. The molecule has 0 unspecified atom stereocenters. The van der Waals surface area contributed by atoms with Crippen LogP contribution in [0.25, 0.3) is 0 Å². The van der Waals surface area contributed by atoms with Crippen LogP contribution < -0.4 is 24.8 Å². The molecule has 0 aromatic heterocycles. The Kier molecular flexibility index (Phi) is 13.7. The van der Waals surface area contributed by atoms with E-state index < -0.39 is 37.9 Å². The molecule has 0 spiro atoms. The molecule has 0 saturated heterocycles. The van der Waals surface area contributed by atoms with Crippen LogP contribution in [0.3, 0.4) is 0 Å². The van der Waals surface area contributed by atoms with E-state index in [-0.39, 0.29) is 24.8 Å². The van der Waals surface area contributed by atoms with Crippen molar-refractivity contribution >= 4 is 19.8 Å². The van der Waals surface area contributed by atoms with E-state index in [4.69, 9.17) is 8.85 Å². The maximum Gasteiger partial charge on any atom is -1.00 e. The van der Waals surface area contributed by atoms with Crippen LogP contribution >= 0.6 is 0 Å². The van der Waals surface area contributed by atoms with E-state index in [1.165, 1.54) is 24.0 Å². The molecule has 0 aromatic rings. The fourth-order valence-corrected chi connectivity index (χ4v) is 12.4. The molecule has 2 nitrogen and oxygen atoms in total. The monoisotopic (exact) mass is 564 g/mol. The van der Waals surface area contributed by atoms with E-state index in [1.54, 1.807) is 9.77 Å². The molecule has 2 aliphatic rings. The van der Waals surface area contributed by atoms with E-state index in [0.29, 0.717) is 0 Å². The molecule has 30 heavy (non-hydrogen) atoms. The predicted molar refractivity (Wildman–Crippen MR) is 126 cm³/mol. The standard InChI is InChI=1S/2C10H17OSi.C3H6.2ClH.Zr/c2*1-12(2,3)11-9-8-10-6-4-5-7-10;1-3-2;;;/h2*6-7H,4,8-9H2,1-3H3;1-2H3;2*1H;/q;;;;;+2/p-2. The summed E-state index contributed by atoms with van der Waals surface area (Å²) in [4.78, 5) is 0. The van der Waals surface area contributed by atoms with Gasteiger partial charge in [-0.1, -0.05) is 0 Å². The fourth-order valence-electron chi connectivity index (χ4n) is 3.66. The zero-order valence-electron chi connectivity index (χ0n) is 20.1. The molecule has 2 rings (SSSR count). The van der Waals surface area contributed by atoms with Gasteiger partial charge < -0.3 is 24.8 Å². The zero-order chi connectivity index (χ0) is 20.9. The van der Waals surface area contributed by atoms with Gasteiger partial charge in [-0.05, 0) is 0 Å². The second kappa shape index (κ2) is 13.4. The van der Waals surface area contributed by atoms with Crippen LogP contribution in [0, 0.1) is 0 Å². The van der Waals surface area contributed by atoms with Crippen LogP contribution in [0.4, 0.5) is 0 Å². The molecule has 0 aromatic carbocycles. The number of hydrogen-bond acceptors (Lipinski definition) is 2. The first-order chi connectivity index (χ1) is 12.9. The van der Waals surface area contributed by atoms with Crippen molar-refractivity contribution in [1.82, 2.24) is 0 Å². The van der Waals surface area contributed by atoms with Crippen LogP contribution in [0.5, 0.6) is 0 Å². The van der Waals surface area contributed by atoms with Gasteiger partial charge >= 0.3 is 184 Å². The van der Waals surface area contributed by atoms with Crippen molar-refractivity contribution < 1.29 is 54.9 Å². The molecule has 0 fully saturated rings. The van der Waals surface area contributed by atoms with Crippen molar-refractivity contribution in [2.45, 2.75) is 78.8 Å². The summed E-state index contributed by atoms with van der Waals surface area (Å²) in [6.07, 6.45) is 14.5. The summed E-state index contributed by atoms with van der Waals surface area (Å²) in [6, 6.07) is 0. The van der Waals surface area contributed by atoms with Gasteiger partial charge in [-0.15, -0.1) is 0 Å². The van der Waals surface area contributed by atoms with Crippen LogP contribution in [-0.4, -0.2) is 33.1 Å². The molecular formula is C23H40Cl2O2Si2Zr. The Balaban J connectivity index is 0.00000420. The first-order valence-corrected chi connectivity index (χ1v) is 21.2. The van der Waals surface area contributed by atoms with Crippen molar-refractivity contribution in [3.8, 4) is 0 Å². The van der Waals surface area contributed by atoms with Crippen LogP contribution in [0.1, 0.15) is 39.5 Å². The Hall–Kier alpha value is 0.647. The van der Waals surface area contributed by atoms with Gasteiger partial charge in [-0.2, -0.15) is 0 Å². The van der Waals surface area contributed by atoms with Crippen LogP contribution in [-0.2, 0) is 30.1 Å². The van der Waals surface area contributed by atoms with Gasteiger partial charge in [0.15, 0.2) is 0 Å². The van der Waals surface area contributed by atoms with Gasteiger partial charge in [-0.25, -0.2) is 0 Å². The topological polar surface area (TPSA) is 18.5 Å². The summed E-state index contributed by atoms with van der Waals surface area (Å²) in [5, 5.41) is 0. The molecule has 2 aliphatic carbocycles. The van der Waals surface area contributed by atoms with Gasteiger partial charge in [0, 0.05) is 0 Å². The van der Waals surface area contributed by atoms with Crippen molar-refractivity contribution in [1.29, 1.82) is 0 Å². The average molecular weight is 567 g/mol. The number of rotatable bonds is 10. The van der Waals surface area contributed by atoms with Gasteiger partial charge in [-0.3, -0.25) is 0 Å². The molecule has 7 heteroatoms. The summed E-state index contributed by atoms with van der Waals surface area (Å²) < 4.78 is 17.3. The van der Waals surface area contributed by atoms with Gasteiger partial charge in [0.2, 0.25) is 0 Å². The summed E-state index contributed by atoms with van der Waals surface area (Å²) in [6.45, 7) is 20.1. The molecule has 170 valence electrons. The normalized spacial score (nSPS) is 15.8. The molecule has 0 amide bonds. The molecule has 0 saturated carbocycles. The average Bonchev–Trinajstić information content (AvgIpc) is 3.15. The Morgan fingerprint density at radius 1 is 0.767 bits per heavy atom. The van der Waals surface area contributed by atoms with Crippen LogP contribution in [0.15, 0.2) is 42.0 Å². The fraction of sp³-hybridized carbons (Fsp3) is 0.609. The smallest absolute Gasteiger partial charge is 1.00 e. The first kappa shape index (κ1) is 30.6. The Morgan fingerprint density at radius 2 is 1.13 bits per heavy atom. The van der Waals surface area contributed by atoms with E-state index in [9.17, 15) is 0 Å². The Morgan fingerprint density at radius 3 is 1.43 bits per heavy atom. The summed E-state index contributed by atoms with van der Waals surface area (Å²) in [7, 11) is -2.80. The SMILES string of the molecule is C[C](C)=[Zr+2]([C]1=CC(CCO[Si](C)(C)C)=CC1)[C]1=CC(CCO[Si](C)(C)C)=CC1.[Cl-].[Cl-]. The largest absolute Gasteiger partial charge is 1.00 e. The number of hydrogen-bond donors (Lipinski definition) is 0. The Bertz CT molecular complexity index is 679. The maximum atomic E-state index is 6.06. The molecule has 0 atom stereocenters. The summed E-state index contributed by atoms with van der Waals surface area (Å²) >= 11 is -1.83. The minimum absolute atomic E-state index is 0. The minimum Gasteiger partial charge on any atom is -1.00 e. The van der Waals surface area contributed by atoms with Crippen molar-refractivity contribution in [2.75, 3.05) is 13.2 Å². The molecule has 0 heterocycles. The summed E-state index contributed by atoms with van der Waals surface area (Å²) in [5.41, 5.74) is 3.01. The molecule has 0 radical (unpaired) electrons. The predicted octanol–water partition coefficient (Wildman–Crippen LogP) is 0.736. The minimum atomic E-state index is -1.83. The second-order valence-electron chi connectivity index (χ2n) is 10.1. The zero-order valence-corrected chi connectivity index (χ0v) is 26.1. The van der Waals surface area contributed by atoms with Gasteiger partial charge in [0.25, 0.3) is 0 Å². The second-order valence-corrected chi connectivity index (χ2v) is 26.6. The molecule has 0 aliphatic heterocycles. The van der Waals surface area contributed by atoms with E-state index in [2.05, 4.69) is 77.4 Å². The van der Waals surface area contributed by atoms with Crippen molar-refractivity contribution in [3.63, 3.8) is 0 Å². The molecule has 0 N–H and O–H groups in total. The van der Waals surface area contributed by atoms with Gasteiger partial charge in [0.1, 0.15) is 0 Å². The molecular weight excluding hydrogens is 527 g/mol. The van der Waals surface area contributed by atoms with Crippen LogP contribution in [0.2, 0.25) is 39.3 Å². The van der Waals surface area contributed by atoms with Crippen molar-refractivity contribution in [2.24, 2.45) is 0 Å².